The summed E-state index contributed by atoms with van der Waals surface area (Å²) in [7, 11) is 0. The average molecular weight is 432 g/mol. The van der Waals surface area contributed by atoms with Gasteiger partial charge in [-0.1, -0.05) is 0 Å². The third kappa shape index (κ3) is 6.84. The van der Waals surface area contributed by atoms with E-state index >= 15 is 0 Å². The molecule has 26 heavy (non-hydrogen) atoms. The second-order valence-corrected chi connectivity index (χ2v) is 14.4. The van der Waals surface area contributed by atoms with Gasteiger partial charge in [-0.05, 0) is 0 Å². The molecule has 2 rings (SSSR count). The van der Waals surface area contributed by atoms with Crippen molar-refractivity contribution < 1.29 is 0 Å². The van der Waals surface area contributed by atoms with E-state index in [-0.39, 0.29) is 17.4 Å². The van der Waals surface area contributed by atoms with E-state index in [9.17, 15) is 0 Å². The first-order valence-electron chi connectivity index (χ1n) is 9.66. The van der Waals surface area contributed by atoms with Crippen molar-refractivity contribution in [3.8, 4) is 0 Å². The van der Waals surface area contributed by atoms with Crippen LogP contribution in [0.5, 0.6) is 0 Å². The van der Waals surface area contributed by atoms with E-state index < -0.39 is 0 Å². The molecule has 0 saturated heterocycles. The van der Waals surface area contributed by atoms with Crippen molar-refractivity contribution in [2.75, 3.05) is 12.3 Å². The van der Waals surface area contributed by atoms with Gasteiger partial charge in [0.2, 0.25) is 0 Å². The molecule has 2 aromatic carbocycles. The Balaban J connectivity index is 1.79. The molecule has 0 N–H and O–H groups in total. The van der Waals surface area contributed by atoms with Crippen LogP contribution in [0.1, 0.15) is 63.8 Å². The molecule has 0 aliphatic carbocycles. The summed E-state index contributed by atoms with van der Waals surface area (Å²) in [5, 5.41) is 0. The van der Waals surface area contributed by atoms with Crippen LogP contribution >= 0.6 is 6.61 Å². The van der Waals surface area contributed by atoms with Crippen molar-refractivity contribution in [2.45, 2.75) is 65.2 Å². The van der Waals surface area contributed by atoms with Gasteiger partial charge < -0.3 is 0 Å². The van der Waals surface area contributed by atoms with Crippen molar-refractivity contribution in [1.29, 1.82) is 0 Å². The Morgan fingerprint density at radius 1 is 0.615 bits per heavy atom. The third-order valence-electron chi connectivity index (χ3n) is 4.94. The first-order chi connectivity index (χ1) is 12.1. The van der Waals surface area contributed by atoms with Gasteiger partial charge in [0.15, 0.2) is 0 Å². The number of hydrogen-bond acceptors (Lipinski definition) is 0. The standard InChI is InChI=1S/C24H34PSe/c1-23(2,3)21-11-7-19(8-12-21)15-17-25(26)18-16-20-9-13-22(14-10-20)24(4,5)6/h7-14H,15-18H2,1-6H3. The first-order valence-corrected chi connectivity index (χ1v) is 13.6. The summed E-state index contributed by atoms with van der Waals surface area (Å²) in [6.07, 6.45) is 4.94. The average Bonchev–Trinajstić information content (AvgIpc) is 2.57. The number of rotatable bonds is 6. The SMILES string of the molecule is CC(C)(C)c1ccc(CCP([Se])CCc2ccc(C(C)(C)C)cc2)cc1. The van der Waals surface area contributed by atoms with Crippen LogP contribution in [0.15, 0.2) is 48.5 Å². The van der Waals surface area contributed by atoms with E-state index in [1.165, 1.54) is 47.4 Å². The summed E-state index contributed by atoms with van der Waals surface area (Å²) >= 11 is 3.45. The molecule has 0 unspecified atom stereocenters. The number of benzene rings is 2. The van der Waals surface area contributed by atoms with Crippen LogP contribution < -0.4 is 0 Å². The monoisotopic (exact) mass is 433 g/mol. The molecule has 0 saturated carbocycles. The fraction of sp³-hybridized carbons (Fsp3) is 0.500. The zero-order valence-corrected chi connectivity index (χ0v) is 19.9. The van der Waals surface area contributed by atoms with Gasteiger partial charge in [0.25, 0.3) is 0 Å². The fourth-order valence-electron chi connectivity index (χ4n) is 2.96. The second-order valence-electron chi connectivity index (χ2n) is 9.32. The van der Waals surface area contributed by atoms with Gasteiger partial charge in [-0.25, -0.2) is 0 Å². The van der Waals surface area contributed by atoms with E-state index in [1.807, 2.05) is 0 Å². The maximum atomic E-state index is 3.45. The zero-order chi connectivity index (χ0) is 19.4. The first kappa shape index (κ1) is 21.7. The normalized spacial score (nSPS) is 12.6. The van der Waals surface area contributed by atoms with E-state index in [4.69, 9.17) is 0 Å². The van der Waals surface area contributed by atoms with Gasteiger partial charge in [-0.3, -0.25) is 0 Å². The minimum absolute atomic E-state index is 0.0134. The van der Waals surface area contributed by atoms with Crippen LogP contribution in [-0.4, -0.2) is 27.9 Å². The van der Waals surface area contributed by atoms with E-state index in [1.54, 1.807) is 0 Å². The molecule has 0 aliphatic heterocycles. The van der Waals surface area contributed by atoms with E-state index in [2.05, 4.69) is 106 Å². The fourth-order valence-corrected chi connectivity index (χ4v) is 5.35. The molecule has 2 heteroatoms. The molecule has 0 aromatic heterocycles. The van der Waals surface area contributed by atoms with Crippen LogP contribution in [0, 0.1) is 0 Å². The summed E-state index contributed by atoms with van der Waals surface area (Å²) in [4.78, 5) is 0. The summed E-state index contributed by atoms with van der Waals surface area (Å²) in [5.74, 6) is 0. The Morgan fingerprint density at radius 3 is 1.19 bits per heavy atom. The Bertz CT molecular complexity index is 611. The summed E-state index contributed by atoms with van der Waals surface area (Å²) in [6, 6.07) is 18.5. The van der Waals surface area contributed by atoms with Crippen LogP contribution in [0.4, 0.5) is 0 Å². The molecule has 0 fully saturated rings. The predicted molar refractivity (Wildman–Crippen MR) is 120 cm³/mol. The number of aryl methyl sites for hydroxylation is 2. The quantitative estimate of drug-likeness (QED) is 0.355. The zero-order valence-electron chi connectivity index (χ0n) is 17.3. The van der Waals surface area contributed by atoms with E-state index in [0.717, 1.165) is 0 Å². The Morgan fingerprint density at radius 2 is 0.923 bits per heavy atom. The van der Waals surface area contributed by atoms with Gasteiger partial charge in [0, 0.05) is 0 Å². The van der Waals surface area contributed by atoms with Gasteiger partial charge in [-0.2, -0.15) is 0 Å². The van der Waals surface area contributed by atoms with Crippen molar-refractivity contribution >= 4 is 22.2 Å². The molecule has 2 aromatic rings. The molecule has 0 bridgehead atoms. The van der Waals surface area contributed by atoms with Gasteiger partial charge in [0.05, 0.1) is 0 Å². The van der Waals surface area contributed by atoms with Crippen LogP contribution in [0.25, 0.3) is 0 Å². The molecule has 0 aliphatic rings. The van der Waals surface area contributed by atoms with Gasteiger partial charge in [0.1, 0.15) is 0 Å². The minimum atomic E-state index is -0.0134. The van der Waals surface area contributed by atoms with Crippen molar-refractivity contribution in [1.82, 2.24) is 0 Å². The number of hydrogen-bond donors (Lipinski definition) is 0. The Labute approximate surface area is 170 Å². The molecule has 0 amide bonds. The summed E-state index contributed by atoms with van der Waals surface area (Å²) in [5.41, 5.74) is 6.26. The molecule has 0 atom stereocenters. The summed E-state index contributed by atoms with van der Waals surface area (Å²) in [6.45, 7) is 13.6. The van der Waals surface area contributed by atoms with Crippen LogP contribution in [-0.2, 0) is 23.7 Å². The summed E-state index contributed by atoms with van der Waals surface area (Å²) < 4.78 is 0. The Kier molecular flexibility index (Phi) is 7.55. The van der Waals surface area contributed by atoms with E-state index in [0.29, 0.717) is 0 Å². The van der Waals surface area contributed by atoms with Gasteiger partial charge in [-0.15, -0.1) is 0 Å². The Hall–Kier alpha value is -0.611. The third-order valence-corrected chi connectivity index (χ3v) is 8.68. The predicted octanol–water partition coefficient (Wildman–Crippen LogP) is 6.63. The molecule has 0 nitrogen and oxygen atoms in total. The molecule has 0 spiro atoms. The van der Waals surface area contributed by atoms with Crippen LogP contribution in [0.2, 0.25) is 0 Å². The van der Waals surface area contributed by atoms with Gasteiger partial charge >= 0.3 is 171 Å². The van der Waals surface area contributed by atoms with Crippen LogP contribution in [0.3, 0.4) is 0 Å². The maximum absolute atomic E-state index is 3.45. The van der Waals surface area contributed by atoms with Crippen molar-refractivity contribution in [2.24, 2.45) is 0 Å². The topological polar surface area (TPSA) is 0 Å². The van der Waals surface area contributed by atoms with Crippen molar-refractivity contribution in [3.63, 3.8) is 0 Å². The molecule has 141 valence electrons. The molecular formula is C24H34PSe. The molecule has 1 radical (unpaired) electrons. The second kappa shape index (κ2) is 9.05. The molecular weight excluding hydrogens is 398 g/mol. The molecule has 0 heterocycles. The van der Waals surface area contributed by atoms with Crippen molar-refractivity contribution in [3.05, 3.63) is 70.8 Å².